The topological polar surface area (TPSA) is 81.9 Å². The number of likely N-dealkylation sites (tertiary alicyclic amines) is 1. The Morgan fingerprint density at radius 1 is 1.38 bits per heavy atom. The van der Waals surface area contributed by atoms with Gasteiger partial charge in [-0.15, -0.1) is 6.58 Å². The third-order valence-corrected chi connectivity index (χ3v) is 4.54. The van der Waals surface area contributed by atoms with Crippen LogP contribution in [0.2, 0.25) is 0 Å². The zero-order valence-electron chi connectivity index (χ0n) is 15.9. The van der Waals surface area contributed by atoms with Gasteiger partial charge in [0.25, 0.3) is 5.91 Å². The molecule has 1 saturated heterocycles. The van der Waals surface area contributed by atoms with Crippen molar-refractivity contribution >= 4 is 11.9 Å². The molecule has 0 atom stereocenters. The smallest absolute Gasteiger partial charge is 0.287 e. The number of aryl methyl sites for hydroxylation is 1. The molecule has 1 fully saturated rings. The molecule has 26 heavy (non-hydrogen) atoms. The normalized spacial score (nSPS) is 16.3. The number of hydrogen-bond acceptors (Lipinski definition) is 4. The quantitative estimate of drug-likeness (QED) is 0.283. The number of nitrogens with one attached hydrogen (secondary N) is 3. The van der Waals surface area contributed by atoms with E-state index in [0.717, 1.165) is 57.0 Å². The standard InChI is InChI=1S/C19H31N5O2/c1-4-11-24-12-6-16(7-13-24)23-19(20-3)22-10-5-9-21-18(25)17-15(2)8-14-26-17/h4,8,14,16H,1,5-7,9-13H2,2-3H3,(H,21,25)(H2,20,22,23). The van der Waals surface area contributed by atoms with Crippen molar-refractivity contribution in [2.75, 3.05) is 39.8 Å². The summed E-state index contributed by atoms with van der Waals surface area (Å²) in [5, 5.41) is 9.66. The number of furan rings is 1. The highest BCUT2D eigenvalue weighted by Gasteiger charge is 2.19. The average molecular weight is 361 g/mol. The third kappa shape index (κ3) is 6.22. The van der Waals surface area contributed by atoms with Crippen LogP contribution in [0.15, 0.2) is 34.4 Å². The van der Waals surface area contributed by atoms with Gasteiger partial charge in [0.1, 0.15) is 0 Å². The number of carbonyl (C=O) groups excluding carboxylic acids is 1. The second-order valence-electron chi connectivity index (χ2n) is 6.55. The number of hydrogen-bond donors (Lipinski definition) is 3. The van der Waals surface area contributed by atoms with Crippen LogP contribution < -0.4 is 16.0 Å². The van der Waals surface area contributed by atoms with Crippen molar-refractivity contribution in [3.8, 4) is 0 Å². The van der Waals surface area contributed by atoms with E-state index in [0.29, 0.717) is 18.3 Å². The van der Waals surface area contributed by atoms with Gasteiger partial charge in [0.15, 0.2) is 11.7 Å². The van der Waals surface area contributed by atoms with Crippen LogP contribution >= 0.6 is 0 Å². The minimum Gasteiger partial charge on any atom is -0.459 e. The van der Waals surface area contributed by atoms with E-state index in [9.17, 15) is 4.79 Å². The molecule has 1 amide bonds. The average Bonchev–Trinajstić information content (AvgIpc) is 3.08. The number of aliphatic imine (C=N–C) groups is 1. The van der Waals surface area contributed by atoms with Gasteiger partial charge in [-0.05, 0) is 32.3 Å². The summed E-state index contributed by atoms with van der Waals surface area (Å²) in [5.74, 6) is 1.04. The second kappa shape index (κ2) is 10.7. The van der Waals surface area contributed by atoms with Crippen molar-refractivity contribution in [1.29, 1.82) is 0 Å². The first kappa shape index (κ1) is 20.0. The van der Waals surface area contributed by atoms with Crippen LogP contribution in [0.3, 0.4) is 0 Å². The second-order valence-corrected chi connectivity index (χ2v) is 6.55. The van der Waals surface area contributed by atoms with Crippen LogP contribution in [0.5, 0.6) is 0 Å². The number of carbonyl (C=O) groups is 1. The molecule has 0 spiro atoms. The van der Waals surface area contributed by atoms with E-state index >= 15 is 0 Å². The molecule has 1 aliphatic heterocycles. The number of guanidine groups is 1. The Balaban J connectivity index is 1.60. The highest BCUT2D eigenvalue weighted by molar-refractivity contribution is 5.92. The van der Waals surface area contributed by atoms with Gasteiger partial charge >= 0.3 is 0 Å². The molecule has 0 aliphatic carbocycles. The van der Waals surface area contributed by atoms with Crippen LogP contribution in [0, 0.1) is 6.92 Å². The lowest BCUT2D eigenvalue weighted by atomic mass is 10.1. The zero-order valence-corrected chi connectivity index (χ0v) is 15.9. The molecule has 144 valence electrons. The van der Waals surface area contributed by atoms with Gasteiger partial charge < -0.3 is 20.4 Å². The number of rotatable bonds is 8. The molecule has 1 aliphatic rings. The summed E-state index contributed by atoms with van der Waals surface area (Å²) >= 11 is 0. The summed E-state index contributed by atoms with van der Waals surface area (Å²) in [7, 11) is 1.78. The fourth-order valence-electron chi connectivity index (χ4n) is 3.01. The summed E-state index contributed by atoms with van der Waals surface area (Å²) in [5.41, 5.74) is 0.851. The van der Waals surface area contributed by atoms with Crippen LogP contribution in [0.4, 0.5) is 0 Å². The van der Waals surface area contributed by atoms with Crippen molar-refractivity contribution < 1.29 is 9.21 Å². The molecular formula is C19H31N5O2. The van der Waals surface area contributed by atoms with Gasteiger partial charge in [-0.2, -0.15) is 0 Å². The molecule has 2 rings (SSSR count). The fraction of sp³-hybridized carbons (Fsp3) is 0.579. The largest absolute Gasteiger partial charge is 0.459 e. The van der Waals surface area contributed by atoms with Gasteiger partial charge in [-0.1, -0.05) is 6.08 Å². The molecule has 0 saturated carbocycles. The molecule has 0 bridgehead atoms. The van der Waals surface area contributed by atoms with Crippen molar-refractivity contribution in [3.05, 3.63) is 36.3 Å². The van der Waals surface area contributed by atoms with Crippen molar-refractivity contribution in [3.63, 3.8) is 0 Å². The summed E-state index contributed by atoms with van der Waals surface area (Å²) in [4.78, 5) is 18.6. The van der Waals surface area contributed by atoms with Crippen molar-refractivity contribution in [2.24, 2.45) is 4.99 Å². The summed E-state index contributed by atoms with van der Waals surface area (Å²) < 4.78 is 5.18. The van der Waals surface area contributed by atoms with Crippen LogP contribution in [-0.2, 0) is 0 Å². The van der Waals surface area contributed by atoms with Gasteiger partial charge in [0, 0.05) is 51.4 Å². The zero-order chi connectivity index (χ0) is 18.8. The molecule has 3 N–H and O–H groups in total. The summed E-state index contributed by atoms with van der Waals surface area (Å²) in [6, 6.07) is 2.23. The van der Waals surface area contributed by atoms with E-state index in [1.54, 1.807) is 13.1 Å². The molecule has 7 heteroatoms. The van der Waals surface area contributed by atoms with Crippen molar-refractivity contribution in [2.45, 2.75) is 32.2 Å². The van der Waals surface area contributed by atoms with Gasteiger partial charge in [0.05, 0.1) is 6.26 Å². The van der Waals surface area contributed by atoms with E-state index < -0.39 is 0 Å². The van der Waals surface area contributed by atoms with E-state index in [2.05, 4.69) is 32.4 Å². The van der Waals surface area contributed by atoms with E-state index in [1.807, 2.05) is 13.0 Å². The number of piperidine rings is 1. The Kier molecular flexibility index (Phi) is 8.21. The summed E-state index contributed by atoms with van der Waals surface area (Å²) in [6.45, 7) is 10.1. The Morgan fingerprint density at radius 3 is 2.73 bits per heavy atom. The third-order valence-electron chi connectivity index (χ3n) is 4.54. The fourth-order valence-corrected chi connectivity index (χ4v) is 3.01. The first-order valence-corrected chi connectivity index (χ1v) is 9.26. The maximum atomic E-state index is 11.9. The number of amides is 1. The molecular weight excluding hydrogens is 330 g/mol. The lowest BCUT2D eigenvalue weighted by Crippen LogP contribution is -2.49. The summed E-state index contributed by atoms with van der Waals surface area (Å²) in [6.07, 6.45) is 6.51. The van der Waals surface area contributed by atoms with Gasteiger partial charge in [0.2, 0.25) is 0 Å². The number of nitrogens with zero attached hydrogens (tertiary/aromatic N) is 2. The molecule has 1 aromatic heterocycles. The lowest BCUT2D eigenvalue weighted by molar-refractivity contribution is 0.0925. The van der Waals surface area contributed by atoms with E-state index in [1.165, 1.54) is 6.26 Å². The molecule has 1 aromatic rings. The Morgan fingerprint density at radius 2 is 2.12 bits per heavy atom. The van der Waals surface area contributed by atoms with Crippen LogP contribution in [-0.4, -0.2) is 62.6 Å². The Bertz CT molecular complexity index is 603. The lowest BCUT2D eigenvalue weighted by Gasteiger charge is -2.32. The van der Waals surface area contributed by atoms with E-state index in [4.69, 9.17) is 4.42 Å². The van der Waals surface area contributed by atoms with Crippen LogP contribution in [0.25, 0.3) is 0 Å². The van der Waals surface area contributed by atoms with E-state index in [-0.39, 0.29) is 5.91 Å². The SMILES string of the molecule is C=CCN1CCC(NC(=NC)NCCCNC(=O)c2occc2C)CC1. The van der Waals surface area contributed by atoms with Crippen molar-refractivity contribution in [1.82, 2.24) is 20.9 Å². The first-order chi connectivity index (χ1) is 12.6. The molecule has 7 nitrogen and oxygen atoms in total. The highest BCUT2D eigenvalue weighted by Crippen LogP contribution is 2.10. The van der Waals surface area contributed by atoms with Gasteiger partial charge in [-0.3, -0.25) is 14.7 Å². The maximum Gasteiger partial charge on any atom is 0.287 e. The minimum absolute atomic E-state index is 0.165. The Labute approximate surface area is 155 Å². The monoisotopic (exact) mass is 361 g/mol. The van der Waals surface area contributed by atoms with Gasteiger partial charge in [-0.25, -0.2) is 0 Å². The van der Waals surface area contributed by atoms with Crippen LogP contribution in [0.1, 0.15) is 35.4 Å². The molecule has 0 radical (unpaired) electrons. The molecule has 0 aromatic carbocycles. The maximum absolute atomic E-state index is 11.9. The molecule has 2 heterocycles. The highest BCUT2D eigenvalue weighted by atomic mass is 16.3. The predicted molar refractivity (Wildman–Crippen MR) is 105 cm³/mol. The minimum atomic E-state index is -0.165. The predicted octanol–water partition coefficient (Wildman–Crippen LogP) is 1.52. The Hall–Kier alpha value is -2.28. The first-order valence-electron chi connectivity index (χ1n) is 9.26. The molecule has 0 unspecified atom stereocenters.